The molecule has 0 spiro atoms. The predicted octanol–water partition coefficient (Wildman–Crippen LogP) is 10.1. The number of ether oxygens (including phenoxy) is 2. The third-order valence-corrected chi connectivity index (χ3v) is 6.83. The van der Waals surface area contributed by atoms with Crippen LogP contribution in [-0.2, 0) is 0 Å². The number of thiocarbonyl (C=S) groups is 2. The molecule has 0 fully saturated rings. The summed E-state index contributed by atoms with van der Waals surface area (Å²) >= 11 is 10.3. The van der Waals surface area contributed by atoms with Crippen LogP contribution in [0.15, 0.2) is 18.2 Å². The third kappa shape index (κ3) is 19.8. The van der Waals surface area contributed by atoms with Gasteiger partial charge in [0.1, 0.15) is 17.8 Å². The highest BCUT2D eigenvalue weighted by Gasteiger charge is 2.04. The molecule has 1 aromatic rings. The first kappa shape index (κ1) is 32.7. The zero-order valence-electron chi connectivity index (χ0n) is 23.0. The number of rotatable bonds is 25. The summed E-state index contributed by atoms with van der Waals surface area (Å²) in [7, 11) is 0. The zero-order valence-corrected chi connectivity index (χ0v) is 24.6. The van der Waals surface area contributed by atoms with E-state index in [4.69, 9.17) is 33.9 Å². The van der Waals surface area contributed by atoms with Gasteiger partial charge in [-0.1, -0.05) is 101 Å². The highest BCUT2D eigenvalue weighted by Crippen LogP contribution is 2.23. The Morgan fingerprint density at radius 2 is 0.917 bits per heavy atom. The van der Waals surface area contributed by atoms with E-state index in [0.29, 0.717) is 18.8 Å². The molecule has 0 atom stereocenters. The number of benzene rings is 1. The largest absolute Gasteiger partial charge is 0.493 e. The van der Waals surface area contributed by atoms with Gasteiger partial charge in [-0.2, -0.15) is 0 Å². The Kier molecular flexibility index (Phi) is 20.7. The molecule has 1 rings (SSSR count). The molecular weight excluding hydrogens is 484 g/mol. The lowest BCUT2D eigenvalue weighted by molar-refractivity contribution is 0.112. The van der Waals surface area contributed by atoms with E-state index in [0.717, 1.165) is 53.2 Å². The van der Waals surface area contributed by atoms with Gasteiger partial charge in [0.15, 0.2) is 0 Å². The van der Waals surface area contributed by atoms with Crippen LogP contribution in [0.1, 0.15) is 140 Å². The van der Waals surface area contributed by atoms with E-state index in [2.05, 4.69) is 0 Å². The molecule has 0 aromatic heterocycles. The molecule has 1 aromatic carbocycles. The van der Waals surface area contributed by atoms with Gasteiger partial charge in [-0.3, -0.25) is 4.79 Å². The van der Waals surface area contributed by atoms with E-state index in [1.165, 1.54) is 89.9 Å². The average molecular weight is 535 g/mol. The van der Waals surface area contributed by atoms with Crippen LogP contribution in [0, 0.1) is 0 Å². The molecule has 0 N–H and O–H groups in total. The summed E-state index contributed by atoms with van der Waals surface area (Å²) in [4.78, 5) is 13.6. The second kappa shape index (κ2) is 22.8. The van der Waals surface area contributed by atoms with Crippen LogP contribution in [0.4, 0.5) is 0 Å². The summed E-state index contributed by atoms with van der Waals surface area (Å²) < 4.78 is 11.9. The van der Waals surface area contributed by atoms with E-state index in [1.54, 1.807) is 12.1 Å². The highest BCUT2D eigenvalue weighted by atomic mass is 32.1. The van der Waals surface area contributed by atoms with Crippen molar-refractivity contribution in [2.75, 3.05) is 13.2 Å². The molecule has 0 unspecified atom stereocenters. The minimum atomic E-state index is 0.607. The van der Waals surface area contributed by atoms with Crippen molar-refractivity contribution in [3.63, 3.8) is 0 Å². The molecule has 0 heterocycles. The maximum atomic E-state index is 11.3. The van der Waals surface area contributed by atoms with E-state index in [9.17, 15) is 4.79 Å². The predicted molar refractivity (Wildman–Crippen MR) is 162 cm³/mol. The average Bonchev–Trinajstić information content (AvgIpc) is 2.85. The van der Waals surface area contributed by atoms with Crippen molar-refractivity contribution < 1.29 is 14.3 Å². The normalized spacial score (nSPS) is 10.8. The lowest BCUT2D eigenvalue weighted by atomic mass is 10.1. The molecule has 0 bridgehead atoms. The molecule has 0 saturated heterocycles. The van der Waals surface area contributed by atoms with Crippen molar-refractivity contribution in [3.05, 3.63) is 23.8 Å². The first-order valence-electron chi connectivity index (χ1n) is 14.4. The van der Waals surface area contributed by atoms with Crippen molar-refractivity contribution in [1.82, 2.24) is 0 Å². The van der Waals surface area contributed by atoms with Gasteiger partial charge in [0.05, 0.1) is 13.2 Å². The Balaban J connectivity index is 2.10. The molecule has 0 aliphatic rings. The zero-order chi connectivity index (χ0) is 26.3. The first-order chi connectivity index (χ1) is 17.5. The molecule has 204 valence electrons. The lowest BCUT2D eigenvalue weighted by Crippen LogP contribution is -2.01. The number of hydrogen-bond acceptors (Lipinski definition) is 5. The second-order valence-corrected chi connectivity index (χ2v) is 11.5. The summed E-state index contributed by atoms with van der Waals surface area (Å²) in [6.45, 7) is 5.44. The fourth-order valence-electron chi connectivity index (χ4n) is 4.28. The van der Waals surface area contributed by atoms with E-state index in [-0.39, 0.29) is 0 Å². The summed E-state index contributed by atoms with van der Waals surface area (Å²) in [5.41, 5.74) is 0.607. The second-order valence-electron chi connectivity index (χ2n) is 10.1. The maximum Gasteiger partial charge on any atom is 0.150 e. The lowest BCUT2D eigenvalue weighted by Gasteiger charge is -2.11. The van der Waals surface area contributed by atoms with Gasteiger partial charge in [0, 0.05) is 11.6 Å². The van der Waals surface area contributed by atoms with Gasteiger partial charge in [0.25, 0.3) is 0 Å². The third-order valence-electron chi connectivity index (χ3n) is 6.42. The Bertz CT molecular complexity index is 678. The van der Waals surface area contributed by atoms with Crippen molar-refractivity contribution in [2.45, 2.75) is 129 Å². The van der Waals surface area contributed by atoms with E-state index in [1.807, 2.05) is 19.9 Å². The van der Waals surface area contributed by atoms with Gasteiger partial charge >= 0.3 is 0 Å². The van der Waals surface area contributed by atoms with Crippen LogP contribution < -0.4 is 9.47 Å². The molecular formula is C31H50O3S2. The van der Waals surface area contributed by atoms with Gasteiger partial charge in [-0.05, 0) is 74.2 Å². The Morgan fingerprint density at radius 1 is 0.583 bits per heavy atom. The van der Waals surface area contributed by atoms with Crippen LogP contribution in [0.2, 0.25) is 0 Å². The molecule has 0 aliphatic heterocycles. The molecule has 36 heavy (non-hydrogen) atoms. The van der Waals surface area contributed by atoms with Crippen molar-refractivity contribution in [2.24, 2.45) is 0 Å². The molecule has 0 aliphatic carbocycles. The standard InChI is InChI=1S/C31H50O3S2/c1-27(35)19-15-11-7-3-5-9-13-17-21-33-30-23-29(26-32)24-31(25-30)34-22-18-14-10-6-4-8-12-16-20-28(2)36/h23-26H,3-22H2,1-2H3. The number of carbonyl (C=O) groups is 1. The highest BCUT2D eigenvalue weighted by molar-refractivity contribution is 7.80. The Labute approximate surface area is 232 Å². The van der Waals surface area contributed by atoms with Crippen molar-refractivity contribution in [1.29, 1.82) is 0 Å². The fourth-order valence-corrected chi connectivity index (χ4v) is 4.57. The molecule has 0 amide bonds. The summed E-state index contributed by atoms with van der Waals surface area (Å²) in [5.74, 6) is 1.46. The van der Waals surface area contributed by atoms with Crippen LogP contribution in [0.3, 0.4) is 0 Å². The van der Waals surface area contributed by atoms with Crippen molar-refractivity contribution in [3.8, 4) is 11.5 Å². The monoisotopic (exact) mass is 534 g/mol. The van der Waals surface area contributed by atoms with Crippen LogP contribution in [0.25, 0.3) is 0 Å². The Hall–Kier alpha value is -1.33. The fraction of sp³-hybridized carbons (Fsp3) is 0.710. The number of carbonyl (C=O) groups excluding carboxylic acids is 1. The van der Waals surface area contributed by atoms with E-state index >= 15 is 0 Å². The molecule has 3 nitrogen and oxygen atoms in total. The SMILES string of the molecule is CC(=S)CCCCCCCCCCOc1cc(C=O)cc(OCCCCCCCCCCC(C)=S)c1. The first-order valence-corrected chi connectivity index (χ1v) is 15.2. The molecule has 0 saturated carbocycles. The van der Waals surface area contributed by atoms with Crippen LogP contribution in [0.5, 0.6) is 11.5 Å². The van der Waals surface area contributed by atoms with Crippen molar-refractivity contribution >= 4 is 40.5 Å². The minimum absolute atomic E-state index is 0.607. The maximum absolute atomic E-state index is 11.3. The van der Waals surface area contributed by atoms with E-state index < -0.39 is 0 Å². The topological polar surface area (TPSA) is 35.5 Å². The number of unbranched alkanes of at least 4 members (excludes halogenated alkanes) is 14. The van der Waals surface area contributed by atoms with Gasteiger partial charge in [-0.25, -0.2) is 0 Å². The Morgan fingerprint density at radius 3 is 1.25 bits per heavy atom. The van der Waals surface area contributed by atoms with Gasteiger partial charge in [0.2, 0.25) is 0 Å². The summed E-state index contributed by atoms with van der Waals surface area (Å²) in [6, 6.07) is 5.52. The molecule has 5 heteroatoms. The number of hydrogen-bond donors (Lipinski definition) is 0. The summed E-state index contributed by atoms with van der Waals surface area (Å²) in [5, 5.41) is 0. The van der Waals surface area contributed by atoms with Gasteiger partial charge < -0.3 is 9.47 Å². The molecule has 0 radical (unpaired) electrons. The number of aldehydes is 1. The van der Waals surface area contributed by atoms with Gasteiger partial charge in [-0.15, -0.1) is 0 Å². The van der Waals surface area contributed by atoms with Crippen LogP contribution >= 0.6 is 24.4 Å². The smallest absolute Gasteiger partial charge is 0.150 e. The summed E-state index contributed by atoms with van der Waals surface area (Å²) in [6.07, 6.45) is 22.9. The minimum Gasteiger partial charge on any atom is -0.493 e. The quantitative estimate of drug-likeness (QED) is 0.0708. The van der Waals surface area contributed by atoms with Crippen LogP contribution in [-0.4, -0.2) is 29.2 Å².